The summed E-state index contributed by atoms with van der Waals surface area (Å²) in [4.78, 5) is 11.7. The Morgan fingerprint density at radius 3 is 2.33 bits per heavy atom. The maximum Gasteiger partial charge on any atom is 0.168 e. The summed E-state index contributed by atoms with van der Waals surface area (Å²) in [5.74, 6) is 0.174. The molecule has 1 saturated carbocycles. The Labute approximate surface area is 98.6 Å². The molecular formula is C11H17BrO3. The summed E-state index contributed by atoms with van der Waals surface area (Å²) >= 11 is 3.34. The van der Waals surface area contributed by atoms with E-state index in [1.54, 1.807) is 0 Å². The molecule has 1 aliphatic heterocycles. The van der Waals surface area contributed by atoms with Crippen molar-refractivity contribution in [1.82, 2.24) is 0 Å². The normalized spacial score (nSPS) is 28.1. The maximum absolute atomic E-state index is 11.8. The molecule has 1 aliphatic carbocycles. The van der Waals surface area contributed by atoms with Crippen molar-refractivity contribution in [3.8, 4) is 0 Å². The summed E-state index contributed by atoms with van der Waals surface area (Å²) in [6.07, 6.45) is 3.52. The number of rotatable bonds is 2. The first-order valence-corrected chi connectivity index (χ1v) is 6.50. The summed E-state index contributed by atoms with van der Waals surface area (Å²) in [6, 6.07) is 0. The molecule has 0 aromatic heterocycles. The number of Topliss-reactive ketones (excluding diaryl/α,β-unsaturated/α-hetero) is 1. The molecule has 2 fully saturated rings. The van der Waals surface area contributed by atoms with Crippen LogP contribution in [0.2, 0.25) is 0 Å². The van der Waals surface area contributed by atoms with Crippen LogP contribution < -0.4 is 0 Å². The van der Waals surface area contributed by atoms with Gasteiger partial charge in [-0.15, -0.1) is 0 Å². The minimum absolute atomic E-state index is 0.0260. The lowest BCUT2D eigenvalue weighted by Gasteiger charge is -2.35. The lowest BCUT2D eigenvalue weighted by atomic mass is 9.82. The lowest BCUT2D eigenvalue weighted by molar-refractivity contribution is -0.183. The zero-order valence-corrected chi connectivity index (χ0v) is 10.6. The second-order valence-corrected chi connectivity index (χ2v) is 5.77. The van der Waals surface area contributed by atoms with Crippen molar-refractivity contribution in [2.75, 3.05) is 13.2 Å². The standard InChI is InChI=1S/C11H17BrO3/c1-8(12)10(13)9-2-4-11(5-3-9)14-6-7-15-11/h8-9H,2-7H2,1H3. The van der Waals surface area contributed by atoms with Gasteiger partial charge in [-0.1, -0.05) is 15.9 Å². The van der Waals surface area contributed by atoms with E-state index in [9.17, 15) is 4.79 Å². The molecule has 0 aromatic carbocycles. The van der Waals surface area contributed by atoms with Gasteiger partial charge in [-0.2, -0.15) is 0 Å². The third-order valence-corrected chi connectivity index (χ3v) is 3.81. The van der Waals surface area contributed by atoms with Gasteiger partial charge in [0.05, 0.1) is 18.0 Å². The van der Waals surface area contributed by atoms with Crippen molar-refractivity contribution in [1.29, 1.82) is 0 Å². The highest BCUT2D eigenvalue weighted by atomic mass is 79.9. The molecule has 1 unspecified atom stereocenters. The summed E-state index contributed by atoms with van der Waals surface area (Å²) < 4.78 is 11.2. The molecule has 1 heterocycles. The maximum atomic E-state index is 11.8. The largest absolute Gasteiger partial charge is 0.348 e. The third-order valence-electron chi connectivity index (χ3n) is 3.36. The Kier molecular flexibility index (Phi) is 3.48. The molecule has 2 rings (SSSR count). The zero-order valence-electron chi connectivity index (χ0n) is 9.00. The van der Waals surface area contributed by atoms with Crippen molar-refractivity contribution >= 4 is 21.7 Å². The van der Waals surface area contributed by atoms with Crippen LogP contribution in [0.4, 0.5) is 0 Å². The zero-order chi connectivity index (χ0) is 10.9. The smallest absolute Gasteiger partial charge is 0.168 e. The average Bonchev–Trinajstić information content (AvgIpc) is 2.67. The predicted molar refractivity (Wildman–Crippen MR) is 60.0 cm³/mol. The van der Waals surface area contributed by atoms with Crippen molar-refractivity contribution in [2.24, 2.45) is 5.92 Å². The van der Waals surface area contributed by atoms with Crippen LogP contribution in [-0.2, 0) is 14.3 Å². The first-order chi connectivity index (χ1) is 7.13. The topological polar surface area (TPSA) is 35.5 Å². The Balaban J connectivity index is 1.89. The van der Waals surface area contributed by atoms with Gasteiger partial charge in [-0.3, -0.25) is 4.79 Å². The number of alkyl halides is 1. The van der Waals surface area contributed by atoms with Gasteiger partial charge in [0.25, 0.3) is 0 Å². The van der Waals surface area contributed by atoms with Crippen LogP contribution in [0.25, 0.3) is 0 Å². The second kappa shape index (κ2) is 4.52. The quantitative estimate of drug-likeness (QED) is 0.726. The summed E-state index contributed by atoms with van der Waals surface area (Å²) in [5.41, 5.74) is 0. The molecular weight excluding hydrogens is 260 g/mol. The van der Waals surface area contributed by atoms with Gasteiger partial charge in [0.15, 0.2) is 5.79 Å². The van der Waals surface area contributed by atoms with Gasteiger partial charge in [0.2, 0.25) is 0 Å². The predicted octanol–water partition coefficient (Wildman–Crippen LogP) is 2.27. The number of carbonyl (C=O) groups is 1. The molecule has 1 spiro atoms. The third kappa shape index (κ3) is 2.43. The first kappa shape index (κ1) is 11.6. The van der Waals surface area contributed by atoms with E-state index in [2.05, 4.69) is 15.9 Å². The van der Waals surface area contributed by atoms with E-state index in [0.717, 1.165) is 25.7 Å². The Morgan fingerprint density at radius 1 is 1.33 bits per heavy atom. The molecule has 0 amide bonds. The number of ether oxygens (including phenoxy) is 2. The highest BCUT2D eigenvalue weighted by molar-refractivity contribution is 9.10. The molecule has 4 heteroatoms. The van der Waals surface area contributed by atoms with E-state index < -0.39 is 0 Å². The van der Waals surface area contributed by atoms with E-state index in [-0.39, 0.29) is 16.5 Å². The van der Waals surface area contributed by atoms with Crippen LogP contribution in [0.15, 0.2) is 0 Å². The summed E-state index contributed by atoms with van der Waals surface area (Å²) in [5, 5.41) is 0. The number of halogens is 1. The van der Waals surface area contributed by atoms with E-state index in [1.807, 2.05) is 6.92 Å². The van der Waals surface area contributed by atoms with Crippen LogP contribution >= 0.6 is 15.9 Å². The molecule has 15 heavy (non-hydrogen) atoms. The second-order valence-electron chi connectivity index (χ2n) is 4.40. The number of hydrogen-bond acceptors (Lipinski definition) is 3. The van der Waals surface area contributed by atoms with Gasteiger partial charge in [-0.25, -0.2) is 0 Å². The summed E-state index contributed by atoms with van der Waals surface area (Å²) in [7, 11) is 0. The summed E-state index contributed by atoms with van der Waals surface area (Å²) in [6.45, 7) is 3.30. The highest BCUT2D eigenvalue weighted by Gasteiger charge is 2.42. The fraction of sp³-hybridized carbons (Fsp3) is 0.909. The van der Waals surface area contributed by atoms with Crippen LogP contribution in [-0.4, -0.2) is 29.6 Å². The van der Waals surface area contributed by atoms with E-state index in [4.69, 9.17) is 9.47 Å². The van der Waals surface area contributed by atoms with Crippen molar-refractivity contribution in [2.45, 2.75) is 43.2 Å². The van der Waals surface area contributed by atoms with Gasteiger partial charge in [0.1, 0.15) is 5.78 Å². The van der Waals surface area contributed by atoms with Gasteiger partial charge in [0, 0.05) is 18.8 Å². The molecule has 86 valence electrons. The fourth-order valence-electron chi connectivity index (χ4n) is 2.45. The van der Waals surface area contributed by atoms with E-state index in [0.29, 0.717) is 19.0 Å². The number of hydrogen-bond donors (Lipinski definition) is 0. The molecule has 0 aromatic rings. The molecule has 0 bridgehead atoms. The monoisotopic (exact) mass is 276 g/mol. The molecule has 1 saturated heterocycles. The Morgan fingerprint density at radius 2 is 1.87 bits per heavy atom. The van der Waals surface area contributed by atoms with Gasteiger partial charge in [-0.05, 0) is 19.8 Å². The van der Waals surface area contributed by atoms with Crippen molar-refractivity contribution in [3.05, 3.63) is 0 Å². The number of carbonyl (C=O) groups excluding carboxylic acids is 1. The van der Waals surface area contributed by atoms with Gasteiger partial charge >= 0.3 is 0 Å². The molecule has 2 aliphatic rings. The van der Waals surface area contributed by atoms with Crippen molar-refractivity contribution in [3.63, 3.8) is 0 Å². The Bertz CT molecular complexity index is 236. The van der Waals surface area contributed by atoms with E-state index in [1.165, 1.54) is 0 Å². The molecule has 0 radical (unpaired) electrons. The molecule has 0 N–H and O–H groups in total. The van der Waals surface area contributed by atoms with Crippen LogP contribution in [0.5, 0.6) is 0 Å². The molecule has 3 nitrogen and oxygen atoms in total. The average molecular weight is 277 g/mol. The Hall–Kier alpha value is 0.0700. The highest BCUT2D eigenvalue weighted by Crippen LogP contribution is 2.39. The minimum Gasteiger partial charge on any atom is -0.348 e. The van der Waals surface area contributed by atoms with Crippen LogP contribution in [0.3, 0.4) is 0 Å². The van der Waals surface area contributed by atoms with Crippen LogP contribution in [0, 0.1) is 5.92 Å². The SMILES string of the molecule is CC(Br)C(=O)C1CCC2(CC1)OCCO2. The lowest BCUT2D eigenvalue weighted by Crippen LogP contribution is -2.38. The fourth-order valence-corrected chi connectivity index (χ4v) is 2.83. The number of ketones is 1. The van der Waals surface area contributed by atoms with Crippen molar-refractivity contribution < 1.29 is 14.3 Å². The first-order valence-electron chi connectivity index (χ1n) is 5.59. The minimum atomic E-state index is -0.341. The van der Waals surface area contributed by atoms with Gasteiger partial charge < -0.3 is 9.47 Å². The molecule has 1 atom stereocenters. The van der Waals surface area contributed by atoms with Crippen LogP contribution in [0.1, 0.15) is 32.6 Å². The van der Waals surface area contributed by atoms with E-state index >= 15 is 0 Å².